The van der Waals surface area contributed by atoms with E-state index >= 15 is 0 Å². The summed E-state index contributed by atoms with van der Waals surface area (Å²) in [5.74, 6) is -2.92. The maximum atomic E-state index is 13.1. The van der Waals surface area contributed by atoms with Gasteiger partial charge < -0.3 is 14.9 Å². The number of ketones is 1. The molecule has 1 saturated heterocycles. The molecule has 3 heterocycles. The highest BCUT2D eigenvalue weighted by atomic mass is 32.1. The number of carbonyl (C=O) groups is 3. The lowest BCUT2D eigenvalue weighted by Gasteiger charge is -2.23. The zero-order valence-electron chi connectivity index (χ0n) is 17.0. The zero-order valence-corrected chi connectivity index (χ0v) is 17.8. The van der Waals surface area contributed by atoms with Crippen LogP contribution in [-0.2, 0) is 14.3 Å². The minimum absolute atomic E-state index is 0.0810. The number of Topliss-reactive ketones (excluding diaryl/α,β-unsaturated/α-hetero) is 1. The van der Waals surface area contributed by atoms with Crippen LogP contribution in [0, 0.1) is 6.92 Å². The summed E-state index contributed by atoms with van der Waals surface area (Å²) in [5.41, 5.74) is 0.850. The van der Waals surface area contributed by atoms with Gasteiger partial charge in [0.25, 0.3) is 5.78 Å². The summed E-state index contributed by atoms with van der Waals surface area (Å²) >= 11 is 0.898. The number of aryl methyl sites for hydroxylation is 1. The molecule has 1 atom stereocenters. The summed E-state index contributed by atoms with van der Waals surface area (Å²) in [6.07, 6.45) is 2.89. The number of hydrogen-bond donors (Lipinski definition) is 2. The number of carbonyl (C=O) groups excluding carboxylic acids is 3. The fraction of sp³-hybridized carbons (Fsp3) is 0.136. The van der Waals surface area contributed by atoms with Crippen LogP contribution in [0.15, 0.2) is 54.4 Å². The number of aliphatic hydroxyl groups excluding tert-OH is 1. The Morgan fingerprint density at radius 3 is 2.56 bits per heavy atom. The van der Waals surface area contributed by atoms with Crippen molar-refractivity contribution in [3.8, 4) is 5.75 Å². The van der Waals surface area contributed by atoms with Gasteiger partial charge in [-0.1, -0.05) is 23.5 Å². The SMILES string of the molecule is COC(=O)c1sc(N2C(=O)C(=O)/C(=C(/O)c3ccncc3)C2c2cccc(O)c2)nc1C. The number of methoxy groups -OCH3 is 1. The smallest absolute Gasteiger partial charge is 0.350 e. The first-order valence-corrected chi connectivity index (χ1v) is 10.2. The van der Waals surface area contributed by atoms with Crippen molar-refractivity contribution >= 4 is 39.9 Å². The maximum absolute atomic E-state index is 13.1. The van der Waals surface area contributed by atoms with Gasteiger partial charge in [-0.05, 0) is 36.8 Å². The average molecular weight is 451 g/mol. The minimum Gasteiger partial charge on any atom is -0.508 e. The predicted octanol–water partition coefficient (Wildman–Crippen LogP) is 2.97. The molecule has 2 aromatic heterocycles. The standard InChI is InChI=1S/C22H17N3O6S/c1-11-19(21(30)31-2)32-22(24-11)25-16(13-4-3-5-14(26)10-13)15(18(28)20(25)29)17(27)12-6-8-23-9-7-12/h3-10,16,26-27H,1-2H3/b17-15+. The highest BCUT2D eigenvalue weighted by Gasteiger charge is 2.48. The second kappa shape index (κ2) is 8.23. The Kier molecular flexibility index (Phi) is 5.45. The van der Waals surface area contributed by atoms with Crippen molar-refractivity contribution in [3.05, 3.63) is 76.1 Å². The number of phenols is 1. The van der Waals surface area contributed by atoms with Crippen LogP contribution in [0.2, 0.25) is 0 Å². The monoisotopic (exact) mass is 451 g/mol. The van der Waals surface area contributed by atoms with Gasteiger partial charge in [0.15, 0.2) is 5.13 Å². The molecule has 9 nitrogen and oxygen atoms in total. The van der Waals surface area contributed by atoms with Crippen molar-refractivity contribution < 1.29 is 29.3 Å². The van der Waals surface area contributed by atoms with Crippen LogP contribution in [0.1, 0.15) is 32.5 Å². The highest BCUT2D eigenvalue weighted by Crippen LogP contribution is 2.44. The Labute approximate surface area is 186 Å². The van der Waals surface area contributed by atoms with Gasteiger partial charge in [0.2, 0.25) is 0 Å². The lowest BCUT2D eigenvalue weighted by Crippen LogP contribution is -2.29. The molecule has 4 rings (SSSR count). The van der Waals surface area contributed by atoms with E-state index in [0.717, 1.165) is 16.2 Å². The predicted molar refractivity (Wildman–Crippen MR) is 115 cm³/mol. The number of ether oxygens (including phenoxy) is 1. The van der Waals surface area contributed by atoms with E-state index < -0.39 is 23.7 Å². The van der Waals surface area contributed by atoms with Gasteiger partial charge >= 0.3 is 11.9 Å². The van der Waals surface area contributed by atoms with Crippen molar-refractivity contribution in [2.24, 2.45) is 0 Å². The summed E-state index contributed by atoms with van der Waals surface area (Å²) in [6.45, 7) is 1.59. The number of benzene rings is 1. The number of anilines is 1. The molecule has 1 fully saturated rings. The van der Waals surface area contributed by atoms with Gasteiger partial charge in [-0.2, -0.15) is 0 Å². The normalized spacial score (nSPS) is 17.6. The number of thiazole rings is 1. The lowest BCUT2D eigenvalue weighted by atomic mass is 9.95. The van der Waals surface area contributed by atoms with E-state index in [2.05, 4.69) is 9.97 Å². The van der Waals surface area contributed by atoms with Gasteiger partial charge in [-0.15, -0.1) is 0 Å². The Morgan fingerprint density at radius 2 is 1.91 bits per heavy atom. The number of rotatable bonds is 4. The van der Waals surface area contributed by atoms with Crippen LogP contribution >= 0.6 is 11.3 Å². The van der Waals surface area contributed by atoms with Crippen LogP contribution < -0.4 is 4.90 Å². The molecule has 1 aromatic carbocycles. The first kappa shape index (κ1) is 21.2. The highest BCUT2D eigenvalue weighted by molar-refractivity contribution is 7.17. The van der Waals surface area contributed by atoms with Crippen LogP contribution in [0.5, 0.6) is 5.75 Å². The molecule has 0 bridgehead atoms. The minimum atomic E-state index is -1.08. The van der Waals surface area contributed by atoms with Crippen LogP contribution in [0.3, 0.4) is 0 Å². The third-order valence-corrected chi connectivity index (χ3v) is 6.08. The fourth-order valence-electron chi connectivity index (χ4n) is 3.47. The second-order valence-corrected chi connectivity index (χ2v) is 7.88. The molecule has 0 saturated carbocycles. The molecular weight excluding hydrogens is 434 g/mol. The van der Waals surface area contributed by atoms with E-state index in [4.69, 9.17) is 4.74 Å². The zero-order chi connectivity index (χ0) is 23.0. The molecule has 3 aromatic rings. The molecule has 162 valence electrons. The van der Waals surface area contributed by atoms with E-state index in [1.54, 1.807) is 19.1 Å². The lowest BCUT2D eigenvalue weighted by molar-refractivity contribution is -0.132. The number of phenolic OH excluding ortho intramolecular Hbond substituents is 1. The number of esters is 1. The Bertz CT molecular complexity index is 1270. The van der Waals surface area contributed by atoms with E-state index in [0.29, 0.717) is 16.8 Å². The van der Waals surface area contributed by atoms with E-state index in [-0.39, 0.29) is 27.1 Å². The number of pyridine rings is 1. The Balaban J connectivity index is 1.95. The summed E-state index contributed by atoms with van der Waals surface area (Å²) < 4.78 is 4.76. The number of aromatic nitrogens is 2. The van der Waals surface area contributed by atoms with Gasteiger partial charge in [0, 0.05) is 18.0 Å². The van der Waals surface area contributed by atoms with Crippen molar-refractivity contribution in [2.45, 2.75) is 13.0 Å². The number of aliphatic hydroxyl groups is 1. The molecular formula is C22H17N3O6S. The molecule has 1 aliphatic heterocycles. The topological polar surface area (TPSA) is 130 Å². The fourth-order valence-corrected chi connectivity index (χ4v) is 4.48. The van der Waals surface area contributed by atoms with Gasteiger partial charge in [0.05, 0.1) is 24.4 Å². The number of amides is 1. The quantitative estimate of drug-likeness (QED) is 0.268. The largest absolute Gasteiger partial charge is 0.508 e. The molecule has 1 aliphatic rings. The number of hydrogen-bond acceptors (Lipinski definition) is 9. The van der Waals surface area contributed by atoms with E-state index in [9.17, 15) is 24.6 Å². The third kappa shape index (κ3) is 3.50. The van der Waals surface area contributed by atoms with Gasteiger partial charge in [-0.3, -0.25) is 19.5 Å². The third-order valence-electron chi connectivity index (χ3n) is 4.95. The molecule has 0 aliphatic carbocycles. The van der Waals surface area contributed by atoms with Gasteiger partial charge in [0.1, 0.15) is 16.4 Å². The summed E-state index contributed by atoms with van der Waals surface area (Å²) in [5, 5.41) is 21.1. The van der Waals surface area contributed by atoms with Gasteiger partial charge in [-0.25, -0.2) is 9.78 Å². The molecule has 0 radical (unpaired) electrons. The molecule has 1 unspecified atom stereocenters. The van der Waals surface area contributed by atoms with Crippen molar-refractivity contribution in [1.29, 1.82) is 0 Å². The molecule has 0 spiro atoms. The summed E-state index contributed by atoms with van der Waals surface area (Å²) in [7, 11) is 1.23. The number of aromatic hydroxyl groups is 1. The molecule has 32 heavy (non-hydrogen) atoms. The molecule has 2 N–H and O–H groups in total. The van der Waals surface area contributed by atoms with E-state index in [1.165, 1.54) is 43.8 Å². The number of nitrogens with zero attached hydrogens (tertiary/aromatic N) is 3. The van der Waals surface area contributed by atoms with Crippen LogP contribution in [0.4, 0.5) is 5.13 Å². The molecule has 10 heteroatoms. The first-order chi connectivity index (χ1) is 15.3. The van der Waals surface area contributed by atoms with E-state index in [1.807, 2.05) is 0 Å². The first-order valence-electron chi connectivity index (χ1n) is 9.39. The molecule has 1 amide bonds. The van der Waals surface area contributed by atoms with Crippen molar-refractivity contribution in [1.82, 2.24) is 9.97 Å². The Hall–Kier alpha value is -4.05. The Morgan fingerprint density at radius 1 is 1.19 bits per heavy atom. The van der Waals surface area contributed by atoms with Crippen molar-refractivity contribution in [3.63, 3.8) is 0 Å². The summed E-state index contributed by atoms with van der Waals surface area (Å²) in [6, 6.07) is 7.95. The second-order valence-electron chi connectivity index (χ2n) is 6.90. The van der Waals surface area contributed by atoms with Crippen LogP contribution in [0.25, 0.3) is 5.76 Å². The average Bonchev–Trinajstić information content (AvgIpc) is 3.30. The van der Waals surface area contributed by atoms with Crippen LogP contribution in [-0.4, -0.2) is 45.0 Å². The van der Waals surface area contributed by atoms with Crippen molar-refractivity contribution in [2.75, 3.05) is 12.0 Å². The maximum Gasteiger partial charge on any atom is 0.350 e. The summed E-state index contributed by atoms with van der Waals surface area (Å²) in [4.78, 5) is 47.7.